The quantitative estimate of drug-likeness (QED) is 0.754. The van der Waals surface area contributed by atoms with Gasteiger partial charge in [0.05, 0.1) is 0 Å². The Morgan fingerprint density at radius 2 is 2.07 bits per heavy atom. The van der Waals surface area contributed by atoms with Crippen LogP contribution in [0, 0.1) is 11.6 Å². The molecule has 0 aliphatic rings. The smallest absolute Gasteiger partial charge is 0.159 e. The molecule has 0 aromatic heterocycles. The third kappa shape index (κ3) is 3.44. The fourth-order valence-corrected chi connectivity index (χ4v) is 1.23. The van der Waals surface area contributed by atoms with Gasteiger partial charge in [-0.1, -0.05) is 18.2 Å². The number of halogens is 2. The summed E-state index contributed by atoms with van der Waals surface area (Å²) in [6.07, 6.45) is 0. The van der Waals surface area contributed by atoms with Gasteiger partial charge in [0.15, 0.2) is 11.6 Å². The molecule has 3 heteroatoms. The first-order chi connectivity index (χ1) is 7.00. The second kappa shape index (κ2) is 5.03. The lowest BCUT2D eigenvalue weighted by Gasteiger charge is -2.14. The minimum absolute atomic E-state index is 0.0169. The van der Waals surface area contributed by atoms with Gasteiger partial charge in [-0.2, -0.15) is 0 Å². The summed E-state index contributed by atoms with van der Waals surface area (Å²) in [5.41, 5.74) is 1.74. The second-order valence-corrected chi connectivity index (χ2v) is 3.73. The van der Waals surface area contributed by atoms with E-state index in [1.165, 1.54) is 6.07 Å². The Morgan fingerprint density at radius 3 is 2.60 bits per heavy atom. The average Bonchev–Trinajstić information content (AvgIpc) is 2.18. The molecule has 15 heavy (non-hydrogen) atoms. The zero-order valence-corrected chi connectivity index (χ0v) is 8.98. The van der Waals surface area contributed by atoms with Crippen LogP contribution in [0.4, 0.5) is 8.78 Å². The molecule has 1 rings (SSSR count). The monoisotopic (exact) mass is 211 g/mol. The molecule has 0 unspecified atom stereocenters. The number of benzene rings is 1. The van der Waals surface area contributed by atoms with Crippen molar-refractivity contribution in [1.82, 2.24) is 5.32 Å². The zero-order chi connectivity index (χ0) is 11.4. The Bertz CT molecular complexity index is 361. The molecule has 0 bridgehead atoms. The fourth-order valence-electron chi connectivity index (χ4n) is 1.23. The van der Waals surface area contributed by atoms with Gasteiger partial charge in [0.1, 0.15) is 0 Å². The van der Waals surface area contributed by atoms with Crippen molar-refractivity contribution in [3.8, 4) is 0 Å². The standard InChI is InChI=1S/C12H15F2N/c1-8(2)7-15-9(3)10-4-5-11(13)12(14)6-10/h4-6,9,15H,1,7H2,2-3H3/t9-/m0/s1. The van der Waals surface area contributed by atoms with Crippen LogP contribution in [0.15, 0.2) is 30.4 Å². The van der Waals surface area contributed by atoms with E-state index in [1.54, 1.807) is 6.07 Å². The summed E-state index contributed by atoms with van der Waals surface area (Å²) in [5, 5.41) is 3.16. The first-order valence-corrected chi connectivity index (χ1v) is 4.83. The number of nitrogens with one attached hydrogen (secondary N) is 1. The molecule has 0 saturated carbocycles. The van der Waals surface area contributed by atoms with Crippen LogP contribution in [0.1, 0.15) is 25.5 Å². The van der Waals surface area contributed by atoms with Crippen LogP contribution in [-0.4, -0.2) is 6.54 Å². The molecule has 0 heterocycles. The summed E-state index contributed by atoms with van der Waals surface area (Å²) < 4.78 is 25.6. The van der Waals surface area contributed by atoms with Crippen molar-refractivity contribution < 1.29 is 8.78 Å². The normalized spacial score (nSPS) is 12.5. The molecule has 0 aliphatic carbocycles. The molecular weight excluding hydrogens is 196 g/mol. The van der Waals surface area contributed by atoms with E-state index in [0.717, 1.165) is 17.2 Å². The Morgan fingerprint density at radius 1 is 1.40 bits per heavy atom. The van der Waals surface area contributed by atoms with E-state index in [0.29, 0.717) is 6.54 Å². The number of hydrogen-bond acceptors (Lipinski definition) is 1. The van der Waals surface area contributed by atoms with Crippen LogP contribution >= 0.6 is 0 Å². The Kier molecular flexibility index (Phi) is 3.97. The molecule has 0 amide bonds. The van der Waals surface area contributed by atoms with E-state index in [4.69, 9.17) is 0 Å². The molecule has 0 saturated heterocycles. The predicted octanol–water partition coefficient (Wildman–Crippen LogP) is 3.19. The highest BCUT2D eigenvalue weighted by Gasteiger charge is 2.08. The SMILES string of the molecule is C=C(C)CN[C@@H](C)c1ccc(F)c(F)c1. The summed E-state index contributed by atoms with van der Waals surface area (Å²) in [4.78, 5) is 0. The summed E-state index contributed by atoms with van der Waals surface area (Å²) in [6.45, 7) is 8.23. The van der Waals surface area contributed by atoms with Crippen molar-refractivity contribution in [2.75, 3.05) is 6.54 Å². The molecule has 0 spiro atoms. The van der Waals surface area contributed by atoms with Gasteiger partial charge in [0, 0.05) is 12.6 Å². The van der Waals surface area contributed by atoms with Gasteiger partial charge in [-0.3, -0.25) is 0 Å². The molecular formula is C12H15F2N. The molecule has 1 atom stereocenters. The van der Waals surface area contributed by atoms with Crippen LogP contribution in [-0.2, 0) is 0 Å². The van der Waals surface area contributed by atoms with Gasteiger partial charge in [-0.25, -0.2) is 8.78 Å². The molecule has 0 radical (unpaired) electrons. The van der Waals surface area contributed by atoms with E-state index < -0.39 is 11.6 Å². The Labute approximate surface area is 88.8 Å². The lowest BCUT2D eigenvalue weighted by Crippen LogP contribution is -2.20. The molecule has 0 fully saturated rings. The fraction of sp³-hybridized carbons (Fsp3) is 0.333. The van der Waals surface area contributed by atoms with Crippen molar-refractivity contribution in [3.05, 3.63) is 47.5 Å². The van der Waals surface area contributed by atoms with Crippen molar-refractivity contribution >= 4 is 0 Å². The largest absolute Gasteiger partial charge is 0.306 e. The van der Waals surface area contributed by atoms with E-state index in [9.17, 15) is 8.78 Å². The Hall–Kier alpha value is -1.22. The van der Waals surface area contributed by atoms with Gasteiger partial charge in [0.25, 0.3) is 0 Å². The maximum absolute atomic E-state index is 12.9. The zero-order valence-electron chi connectivity index (χ0n) is 8.98. The molecule has 82 valence electrons. The number of rotatable bonds is 4. The predicted molar refractivity (Wildman–Crippen MR) is 57.6 cm³/mol. The summed E-state index contributed by atoms with van der Waals surface area (Å²) >= 11 is 0. The van der Waals surface area contributed by atoms with Crippen molar-refractivity contribution in [2.24, 2.45) is 0 Å². The maximum atomic E-state index is 12.9. The van der Waals surface area contributed by atoms with Crippen LogP contribution in [0.3, 0.4) is 0 Å². The molecule has 1 aromatic rings. The van der Waals surface area contributed by atoms with Crippen LogP contribution in [0.5, 0.6) is 0 Å². The van der Waals surface area contributed by atoms with Gasteiger partial charge in [0.2, 0.25) is 0 Å². The van der Waals surface area contributed by atoms with Gasteiger partial charge >= 0.3 is 0 Å². The first-order valence-electron chi connectivity index (χ1n) is 4.83. The van der Waals surface area contributed by atoms with Crippen molar-refractivity contribution in [3.63, 3.8) is 0 Å². The summed E-state index contributed by atoms with van der Waals surface area (Å²) in [5.74, 6) is -1.62. The van der Waals surface area contributed by atoms with Gasteiger partial charge < -0.3 is 5.32 Å². The highest BCUT2D eigenvalue weighted by Crippen LogP contribution is 2.15. The van der Waals surface area contributed by atoms with E-state index in [-0.39, 0.29) is 6.04 Å². The van der Waals surface area contributed by atoms with E-state index >= 15 is 0 Å². The van der Waals surface area contributed by atoms with Crippen LogP contribution < -0.4 is 5.32 Å². The molecule has 1 nitrogen and oxygen atoms in total. The lowest BCUT2D eigenvalue weighted by molar-refractivity contribution is 0.502. The van der Waals surface area contributed by atoms with Crippen molar-refractivity contribution in [1.29, 1.82) is 0 Å². The van der Waals surface area contributed by atoms with E-state index in [1.807, 2.05) is 13.8 Å². The average molecular weight is 211 g/mol. The first kappa shape index (κ1) is 11.9. The number of hydrogen-bond donors (Lipinski definition) is 1. The third-order valence-corrected chi connectivity index (χ3v) is 2.15. The Balaban J connectivity index is 2.69. The van der Waals surface area contributed by atoms with Crippen molar-refractivity contribution in [2.45, 2.75) is 19.9 Å². The second-order valence-electron chi connectivity index (χ2n) is 3.73. The minimum atomic E-state index is -0.814. The molecule has 1 aromatic carbocycles. The van der Waals surface area contributed by atoms with Gasteiger partial charge in [-0.05, 0) is 31.5 Å². The van der Waals surface area contributed by atoms with Crippen LogP contribution in [0.25, 0.3) is 0 Å². The third-order valence-electron chi connectivity index (χ3n) is 2.15. The van der Waals surface area contributed by atoms with E-state index in [2.05, 4.69) is 11.9 Å². The molecule has 0 aliphatic heterocycles. The molecule has 1 N–H and O–H groups in total. The minimum Gasteiger partial charge on any atom is -0.306 e. The highest BCUT2D eigenvalue weighted by atomic mass is 19.2. The maximum Gasteiger partial charge on any atom is 0.159 e. The topological polar surface area (TPSA) is 12.0 Å². The summed E-state index contributed by atoms with van der Waals surface area (Å²) in [7, 11) is 0. The summed E-state index contributed by atoms with van der Waals surface area (Å²) in [6, 6.07) is 3.92. The van der Waals surface area contributed by atoms with Crippen LogP contribution in [0.2, 0.25) is 0 Å². The highest BCUT2D eigenvalue weighted by molar-refractivity contribution is 5.21. The lowest BCUT2D eigenvalue weighted by atomic mass is 10.1. The van der Waals surface area contributed by atoms with Gasteiger partial charge in [-0.15, -0.1) is 0 Å².